The van der Waals surface area contributed by atoms with Gasteiger partial charge in [0.15, 0.2) is 11.5 Å². The number of unbranched alkanes of at least 4 members (excludes halogenated alkanes) is 1. The number of H-pyrrole nitrogens is 1. The number of aromatic amines is 1. The summed E-state index contributed by atoms with van der Waals surface area (Å²) in [5.41, 5.74) is 5.04. The molecule has 5 N–H and O–H groups in total. The second kappa shape index (κ2) is 11.7. The van der Waals surface area contributed by atoms with Gasteiger partial charge in [-0.2, -0.15) is 31.4 Å². The molecule has 0 saturated heterocycles. The fraction of sp³-hybridized carbons (Fsp3) is 0.360. The van der Waals surface area contributed by atoms with Crippen molar-refractivity contribution in [3.05, 3.63) is 68.6 Å². The van der Waals surface area contributed by atoms with Crippen molar-refractivity contribution in [1.29, 1.82) is 0 Å². The number of aryl methyl sites for hydroxylation is 1. The maximum absolute atomic E-state index is 14.7. The lowest BCUT2D eigenvalue weighted by Crippen LogP contribution is -2.24. The first-order valence-electron chi connectivity index (χ1n) is 12.5. The minimum atomic E-state index is -4.76. The van der Waals surface area contributed by atoms with Gasteiger partial charge in [0.1, 0.15) is 11.4 Å². The number of nitrogens with one attached hydrogen (secondary N) is 1. The quantitative estimate of drug-likeness (QED) is 0.215. The molecule has 3 heterocycles. The van der Waals surface area contributed by atoms with Crippen molar-refractivity contribution in [1.82, 2.24) is 29.7 Å². The largest absolute Gasteiger partial charge is 0.437 e. The lowest BCUT2D eigenvalue weighted by Gasteiger charge is -2.11. The third-order valence-corrected chi connectivity index (χ3v) is 6.38. The van der Waals surface area contributed by atoms with Crippen molar-refractivity contribution in [2.24, 2.45) is 5.92 Å². The first-order chi connectivity index (χ1) is 19.7. The van der Waals surface area contributed by atoms with Crippen molar-refractivity contribution in [2.45, 2.75) is 51.0 Å². The average molecular weight is 600 g/mol. The van der Waals surface area contributed by atoms with Gasteiger partial charge in [-0.25, -0.2) is 24.4 Å². The normalized spacial score (nSPS) is 13.6. The summed E-state index contributed by atoms with van der Waals surface area (Å²) in [4.78, 5) is 34.3. The molecule has 1 saturated carbocycles. The molecule has 3 aromatic heterocycles. The van der Waals surface area contributed by atoms with Gasteiger partial charge in [-0.15, -0.1) is 0 Å². The van der Waals surface area contributed by atoms with Crippen LogP contribution < -0.4 is 22.6 Å². The standard InChI is InChI=1S/C20H19F4N5O.C5H4F3N3O/c21-14-7-13-15(27-10-29(19(13)30)6-2-1-3-11-4-5-11)8-12(14)16-9-26-17(18(25)28-16)20(22,23)24;6-5(7,8)3-2(9)1-10-11-4(3)12/h7-11H,1-6H2,(H2,25,28);1H,(H3,9,11,12). The molecule has 224 valence electrons. The lowest BCUT2D eigenvalue weighted by atomic mass is 10.1. The van der Waals surface area contributed by atoms with E-state index in [1.165, 1.54) is 29.8 Å². The smallest absolute Gasteiger partial charge is 0.397 e. The Morgan fingerprint density at radius 3 is 2.26 bits per heavy atom. The Kier molecular flexibility index (Phi) is 8.49. The number of fused-ring (bicyclic) bond motifs is 1. The molecule has 1 fully saturated rings. The zero-order chi connectivity index (χ0) is 30.8. The van der Waals surface area contributed by atoms with Gasteiger partial charge in [-0.05, 0) is 24.5 Å². The van der Waals surface area contributed by atoms with Gasteiger partial charge in [0.2, 0.25) is 0 Å². The van der Waals surface area contributed by atoms with Crippen LogP contribution in [0.4, 0.5) is 42.2 Å². The van der Waals surface area contributed by atoms with Crippen LogP contribution in [0.2, 0.25) is 0 Å². The number of anilines is 2. The van der Waals surface area contributed by atoms with Crippen LogP contribution in [-0.4, -0.2) is 29.7 Å². The van der Waals surface area contributed by atoms with Crippen LogP contribution in [0.5, 0.6) is 0 Å². The van der Waals surface area contributed by atoms with Gasteiger partial charge in [0, 0.05) is 12.1 Å². The Hall–Kier alpha value is -4.57. The number of hydrogen-bond acceptors (Lipinski definition) is 8. The Bertz CT molecular complexity index is 1710. The van der Waals surface area contributed by atoms with E-state index in [9.17, 15) is 40.3 Å². The summed E-state index contributed by atoms with van der Waals surface area (Å²) in [6.45, 7) is 0.499. The Balaban J connectivity index is 0.000000283. The highest BCUT2D eigenvalue weighted by atomic mass is 19.4. The van der Waals surface area contributed by atoms with Crippen LogP contribution in [0.25, 0.3) is 22.2 Å². The Morgan fingerprint density at radius 1 is 0.976 bits per heavy atom. The highest BCUT2D eigenvalue weighted by Gasteiger charge is 2.37. The summed E-state index contributed by atoms with van der Waals surface area (Å²) < 4.78 is 90.5. The summed E-state index contributed by atoms with van der Waals surface area (Å²) in [5.74, 6) is -0.846. The molecule has 0 radical (unpaired) electrons. The summed E-state index contributed by atoms with van der Waals surface area (Å²) in [7, 11) is 0. The second-order valence-electron chi connectivity index (χ2n) is 9.55. The van der Waals surface area contributed by atoms with E-state index in [1.807, 2.05) is 0 Å². The van der Waals surface area contributed by atoms with E-state index in [2.05, 4.69) is 20.1 Å². The zero-order valence-corrected chi connectivity index (χ0v) is 21.6. The monoisotopic (exact) mass is 600 g/mol. The maximum atomic E-state index is 14.7. The number of hydrogen-bond donors (Lipinski definition) is 3. The molecule has 5 rings (SSSR count). The molecular formula is C25H23F7N8O2. The van der Waals surface area contributed by atoms with Crippen molar-refractivity contribution in [2.75, 3.05) is 11.5 Å². The van der Waals surface area contributed by atoms with Crippen LogP contribution in [0.1, 0.15) is 43.4 Å². The molecule has 17 heteroatoms. The molecule has 0 aliphatic heterocycles. The Morgan fingerprint density at radius 2 is 1.69 bits per heavy atom. The molecule has 42 heavy (non-hydrogen) atoms. The van der Waals surface area contributed by atoms with Crippen molar-refractivity contribution < 1.29 is 30.7 Å². The van der Waals surface area contributed by atoms with Crippen molar-refractivity contribution >= 4 is 22.4 Å². The Labute approximate surface area is 231 Å². The fourth-order valence-corrected chi connectivity index (χ4v) is 4.11. The average Bonchev–Trinajstić information content (AvgIpc) is 3.71. The minimum absolute atomic E-state index is 0.0915. The fourth-order valence-electron chi connectivity index (χ4n) is 4.11. The number of nitrogens with zero attached hydrogens (tertiary/aromatic N) is 5. The molecule has 0 bridgehead atoms. The summed E-state index contributed by atoms with van der Waals surface area (Å²) in [6.07, 6.45) is -0.970. The predicted molar refractivity (Wildman–Crippen MR) is 137 cm³/mol. The lowest BCUT2D eigenvalue weighted by molar-refractivity contribution is -0.140. The molecular weight excluding hydrogens is 577 g/mol. The number of aromatic nitrogens is 6. The second-order valence-corrected chi connectivity index (χ2v) is 9.55. The molecule has 0 spiro atoms. The van der Waals surface area contributed by atoms with Gasteiger partial charge in [-0.1, -0.05) is 25.7 Å². The van der Waals surface area contributed by atoms with E-state index in [-0.39, 0.29) is 27.7 Å². The molecule has 1 aromatic carbocycles. The summed E-state index contributed by atoms with van der Waals surface area (Å²) in [6, 6.07) is 2.29. The number of rotatable bonds is 6. The predicted octanol–water partition coefficient (Wildman–Crippen LogP) is 4.54. The SMILES string of the molecule is Nc1cn[nH]c(=O)c1C(F)(F)F.Nc1nc(-c2cc3ncn(CCCCC4CC4)c(=O)c3cc2F)cnc1C(F)(F)F. The number of benzene rings is 1. The van der Waals surface area contributed by atoms with Crippen LogP contribution in [0, 0.1) is 11.7 Å². The highest BCUT2D eigenvalue weighted by molar-refractivity contribution is 5.83. The third-order valence-electron chi connectivity index (χ3n) is 6.38. The van der Waals surface area contributed by atoms with Crippen LogP contribution in [-0.2, 0) is 18.9 Å². The first-order valence-corrected chi connectivity index (χ1v) is 12.5. The van der Waals surface area contributed by atoms with Crippen LogP contribution in [0.3, 0.4) is 0 Å². The molecule has 0 atom stereocenters. The van der Waals surface area contributed by atoms with Gasteiger partial charge < -0.3 is 11.5 Å². The molecule has 4 aromatic rings. The van der Waals surface area contributed by atoms with E-state index in [0.29, 0.717) is 6.54 Å². The number of alkyl halides is 6. The van der Waals surface area contributed by atoms with Crippen molar-refractivity contribution in [3.8, 4) is 11.3 Å². The number of nitrogen functional groups attached to an aromatic ring is 2. The minimum Gasteiger partial charge on any atom is -0.397 e. The first kappa shape index (κ1) is 30.4. The number of nitrogens with two attached hydrogens (primary N) is 2. The summed E-state index contributed by atoms with van der Waals surface area (Å²) in [5, 5.41) is 4.83. The van der Waals surface area contributed by atoms with E-state index in [1.54, 1.807) is 5.10 Å². The summed E-state index contributed by atoms with van der Waals surface area (Å²) >= 11 is 0. The van der Waals surface area contributed by atoms with Gasteiger partial charge >= 0.3 is 12.4 Å². The molecule has 1 aliphatic rings. The topological polar surface area (TPSA) is 158 Å². The van der Waals surface area contributed by atoms with Gasteiger partial charge in [0.25, 0.3) is 11.1 Å². The van der Waals surface area contributed by atoms with E-state index in [0.717, 1.165) is 43.6 Å². The van der Waals surface area contributed by atoms with E-state index < -0.39 is 46.5 Å². The van der Waals surface area contributed by atoms with Gasteiger partial charge in [-0.3, -0.25) is 14.2 Å². The van der Waals surface area contributed by atoms with Crippen LogP contribution in [0.15, 0.2) is 40.4 Å². The van der Waals surface area contributed by atoms with Gasteiger partial charge in [0.05, 0.1) is 41.0 Å². The third kappa shape index (κ3) is 7.01. The molecule has 10 nitrogen and oxygen atoms in total. The molecule has 1 aliphatic carbocycles. The maximum Gasteiger partial charge on any atom is 0.437 e. The zero-order valence-electron chi connectivity index (χ0n) is 21.6. The number of halogens is 7. The molecule has 0 unspecified atom stereocenters. The molecule has 0 amide bonds. The highest BCUT2D eigenvalue weighted by Crippen LogP contribution is 2.34. The van der Waals surface area contributed by atoms with Crippen LogP contribution >= 0.6 is 0 Å². The van der Waals surface area contributed by atoms with E-state index >= 15 is 0 Å². The van der Waals surface area contributed by atoms with Crippen molar-refractivity contribution in [3.63, 3.8) is 0 Å². The van der Waals surface area contributed by atoms with E-state index in [4.69, 9.17) is 11.5 Å².